The summed E-state index contributed by atoms with van der Waals surface area (Å²) in [7, 11) is 0. The van der Waals surface area contributed by atoms with Crippen LogP contribution in [0.15, 0.2) is 54.9 Å². The van der Waals surface area contributed by atoms with E-state index < -0.39 is 5.97 Å². The maximum absolute atomic E-state index is 11.5. The number of rotatable bonds is 6. The summed E-state index contributed by atoms with van der Waals surface area (Å²) in [4.78, 5) is 15.6. The van der Waals surface area contributed by atoms with E-state index in [1.807, 2.05) is 0 Å². The Morgan fingerprint density at radius 1 is 1.19 bits per heavy atom. The van der Waals surface area contributed by atoms with Gasteiger partial charge in [0.15, 0.2) is 0 Å². The topological polar surface area (TPSA) is 62.2 Å². The van der Waals surface area contributed by atoms with Crippen LogP contribution in [-0.2, 0) is 12.8 Å². The fourth-order valence-corrected chi connectivity index (χ4v) is 4.58. The normalized spacial score (nSPS) is 15.7. The lowest BCUT2D eigenvalue weighted by atomic mass is 9.87. The fraction of sp³-hybridized carbons (Fsp3) is 0.333. The number of hydrogen-bond acceptors (Lipinski definition) is 3. The quantitative estimate of drug-likeness (QED) is 0.543. The Kier molecular flexibility index (Phi) is 6.19. The van der Waals surface area contributed by atoms with Crippen molar-refractivity contribution in [3.05, 3.63) is 88.2 Å². The zero-order valence-corrected chi connectivity index (χ0v) is 18.5. The number of carboxylic acids is 1. The molecule has 0 bridgehead atoms. The lowest BCUT2D eigenvalue weighted by Gasteiger charge is -2.28. The summed E-state index contributed by atoms with van der Waals surface area (Å²) in [6.07, 6.45) is 5.76. The van der Waals surface area contributed by atoms with Gasteiger partial charge in [0.25, 0.3) is 0 Å². The maximum Gasteiger partial charge on any atom is 0.336 e. The van der Waals surface area contributed by atoms with Crippen LogP contribution in [0.2, 0.25) is 0 Å². The van der Waals surface area contributed by atoms with Gasteiger partial charge in [-0.2, -0.15) is 0 Å². The molecule has 0 aliphatic carbocycles. The minimum absolute atomic E-state index is 0.226. The summed E-state index contributed by atoms with van der Waals surface area (Å²) in [6, 6.07) is 15.4. The second-order valence-corrected chi connectivity index (χ2v) is 8.78. The van der Waals surface area contributed by atoms with E-state index in [0.717, 1.165) is 24.9 Å². The standard InChI is InChI=1S/C27H30N2O2/c1-17(2)19-4-7-23(18(3)14-19)20-5-8-24-21(15-20)10-13-29-26(24)9-6-22-16-28-12-11-25(22)27(30)31/h4-5,7-8,11-12,14-17,26,29H,6,9-10,13H2,1-3H3,(H,30,31)/t26-/m0/s1. The second-order valence-electron chi connectivity index (χ2n) is 8.78. The number of aromatic nitrogens is 1. The van der Waals surface area contributed by atoms with Gasteiger partial charge in [-0.1, -0.05) is 50.2 Å². The summed E-state index contributed by atoms with van der Waals surface area (Å²) < 4.78 is 0. The molecule has 0 amide bonds. The van der Waals surface area contributed by atoms with Gasteiger partial charge in [0, 0.05) is 18.4 Å². The van der Waals surface area contributed by atoms with Crippen molar-refractivity contribution >= 4 is 5.97 Å². The summed E-state index contributed by atoms with van der Waals surface area (Å²) in [5, 5.41) is 13.0. The number of benzene rings is 2. The largest absolute Gasteiger partial charge is 0.478 e. The van der Waals surface area contributed by atoms with E-state index >= 15 is 0 Å². The van der Waals surface area contributed by atoms with Gasteiger partial charge in [0.2, 0.25) is 0 Å². The first-order valence-corrected chi connectivity index (χ1v) is 11.1. The van der Waals surface area contributed by atoms with Crippen LogP contribution in [-0.4, -0.2) is 22.6 Å². The third kappa shape index (κ3) is 4.54. The first kappa shape index (κ1) is 21.3. The van der Waals surface area contributed by atoms with Gasteiger partial charge in [-0.05, 0) is 83.7 Å². The first-order valence-electron chi connectivity index (χ1n) is 11.1. The van der Waals surface area contributed by atoms with Crippen molar-refractivity contribution in [3.63, 3.8) is 0 Å². The molecular formula is C27H30N2O2. The number of aromatic carboxylic acids is 1. The number of hydrogen-bond donors (Lipinski definition) is 2. The SMILES string of the molecule is Cc1cc(C(C)C)ccc1-c1ccc2c(c1)CCN[C@H]2CCc1cnccc1C(=O)O. The number of nitrogens with one attached hydrogen (secondary N) is 1. The van der Waals surface area contributed by atoms with Crippen LogP contribution in [0.3, 0.4) is 0 Å². The lowest BCUT2D eigenvalue weighted by Crippen LogP contribution is -2.30. The van der Waals surface area contributed by atoms with Crippen LogP contribution in [0.5, 0.6) is 0 Å². The molecule has 160 valence electrons. The molecule has 4 rings (SSSR count). The molecule has 1 aliphatic rings. The Morgan fingerprint density at radius 3 is 2.77 bits per heavy atom. The summed E-state index contributed by atoms with van der Waals surface area (Å²) in [6.45, 7) is 7.58. The molecule has 4 heteroatoms. The summed E-state index contributed by atoms with van der Waals surface area (Å²) in [5.41, 5.74) is 9.11. The summed E-state index contributed by atoms with van der Waals surface area (Å²) >= 11 is 0. The van der Waals surface area contributed by atoms with Crippen LogP contribution in [0, 0.1) is 6.92 Å². The fourth-order valence-electron chi connectivity index (χ4n) is 4.58. The number of pyridine rings is 1. The van der Waals surface area contributed by atoms with Crippen LogP contribution < -0.4 is 5.32 Å². The molecule has 0 saturated carbocycles. The Morgan fingerprint density at radius 2 is 2.03 bits per heavy atom. The minimum atomic E-state index is -0.891. The third-order valence-corrected chi connectivity index (χ3v) is 6.37. The van der Waals surface area contributed by atoms with E-state index in [9.17, 15) is 9.90 Å². The monoisotopic (exact) mass is 414 g/mol. The summed E-state index contributed by atoms with van der Waals surface area (Å²) in [5.74, 6) is -0.359. The van der Waals surface area contributed by atoms with E-state index in [2.05, 4.69) is 67.5 Å². The molecule has 4 nitrogen and oxygen atoms in total. The van der Waals surface area contributed by atoms with Crippen molar-refractivity contribution in [2.75, 3.05) is 6.54 Å². The molecule has 31 heavy (non-hydrogen) atoms. The van der Waals surface area contributed by atoms with Crippen LogP contribution in [0.25, 0.3) is 11.1 Å². The average molecular weight is 415 g/mol. The van der Waals surface area contributed by atoms with Crippen LogP contribution in [0.1, 0.15) is 70.4 Å². The highest BCUT2D eigenvalue weighted by molar-refractivity contribution is 5.89. The molecule has 0 unspecified atom stereocenters. The molecular weight excluding hydrogens is 384 g/mol. The number of carbonyl (C=O) groups is 1. The number of carboxylic acid groups (broad SMARTS) is 1. The van der Waals surface area contributed by atoms with E-state index in [1.165, 1.54) is 33.4 Å². The zero-order chi connectivity index (χ0) is 22.0. The maximum atomic E-state index is 11.5. The predicted molar refractivity (Wildman–Crippen MR) is 125 cm³/mol. The van der Waals surface area contributed by atoms with E-state index in [4.69, 9.17) is 0 Å². The second kappa shape index (κ2) is 9.03. The molecule has 3 aromatic rings. The Balaban J connectivity index is 1.56. The highest BCUT2D eigenvalue weighted by Gasteiger charge is 2.21. The van der Waals surface area contributed by atoms with Crippen LogP contribution >= 0.6 is 0 Å². The van der Waals surface area contributed by atoms with Crippen molar-refractivity contribution in [1.29, 1.82) is 0 Å². The number of aryl methyl sites for hydroxylation is 2. The third-order valence-electron chi connectivity index (χ3n) is 6.37. The highest BCUT2D eigenvalue weighted by Crippen LogP contribution is 2.33. The van der Waals surface area contributed by atoms with Crippen molar-refractivity contribution in [2.24, 2.45) is 0 Å². The average Bonchev–Trinajstić information content (AvgIpc) is 2.77. The molecule has 1 aliphatic heterocycles. The van der Waals surface area contributed by atoms with Crippen molar-refractivity contribution < 1.29 is 9.90 Å². The molecule has 1 aromatic heterocycles. The lowest BCUT2D eigenvalue weighted by molar-refractivity contribution is 0.0695. The molecule has 0 spiro atoms. The van der Waals surface area contributed by atoms with Gasteiger partial charge in [-0.15, -0.1) is 0 Å². The van der Waals surface area contributed by atoms with E-state index in [1.54, 1.807) is 18.5 Å². The van der Waals surface area contributed by atoms with Crippen molar-refractivity contribution in [2.45, 2.75) is 52.0 Å². The van der Waals surface area contributed by atoms with E-state index in [-0.39, 0.29) is 6.04 Å². The highest BCUT2D eigenvalue weighted by atomic mass is 16.4. The zero-order valence-electron chi connectivity index (χ0n) is 18.5. The molecule has 0 radical (unpaired) electrons. The smallest absolute Gasteiger partial charge is 0.336 e. The first-order chi connectivity index (χ1) is 14.9. The Bertz CT molecular complexity index is 1100. The Hall–Kier alpha value is -2.98. The van der Waals surface area contributed by atoms with Gasteiger partial charge in [0.05, 0.1) is 5.56 Å². The van der Waals surface area contributed by atoms with Crippen molar-refractivity contribution in [1.82, 2.24) is 10.3 Å². The molecule has 2 heterocycles. The van der Waals surface area contributed by atoms with Gasteiger partial charge < -0.3 is 10.4 Å². The van der Waals surface area contributed by atoms with E-state index in [0.29, 0.717) is 17.9 Å². The van der Waals surface area contributed by atoms with Gasteiger partial charge in [-0.25, -0.2) is 4.79 Å². The Labute approximate surface area is 184 Å². The molecule has 1 atom stereocenters. The molecule has 2 aromatic carbocycles. The molecule has 0 saturated heterocycles. The minimum Gasteiger partial charge on any atom is -0.478 e. The van der Waals surface area contributed by atoms with Gasteiger partial charge in [-0.3, -0.25) is 4.98 Å². The number of nitrogens with zero attached hydrogens (tertiary/aromatic N) is 1. The molecule has 0 fully saturated rings. The van der Waals surface area contributed by atoms with Crippen molar-refractivity contribution in [3.8, 4) is 11.1 Å². The molecule has 2 N–H and O–H groups in total. The number of fused-ring (bicyclic) bond motifs is 1. The van der Waals surface area contributed by atoms with Crippen LogP contribution in [0.4, 0.5) is 0 Å². The van der Waals surface area contributed by atoms with Gasteiger partial charge in [0.1, 0.15) is 0 Å². The predicted octanol–water partition coefficient (Wildman–Crippen LogP) is 5.70. The van der Waals surface area contributed by atoms with Gasteiger partial charge >= 0.3 is 5.97 Å².